The second kappa shape index (κ2) is 6.39. The minimum Gasteiger partial charge on any atom is -0.356 e. The van der Waals surface area contributed by atoms with Gasteiger partial charge in [-0.3, -0.25) is 9.48 Å². The minimum absolute atomic E-state index is 0.0206. The van der Waals surface area contributed by atoms with Crippen LogP contribution in [-0.4, -0.2) is 28.8 Å². The van der Waals surface area contributed by atoms with Crippen molar-refractivity contribution in [2.45, 2.75) is 33.2 Å². The number of nitrogens with one attached hydrogen (secondary N) is 1. The standard InChI is InChI=1S/C12H22N4O/c1-4-14-12(17)11(6-13)5-10-7-15-16(8-10)9(2)3/h7-9,11H,4-6,13H2,1-3H3,(H,14,17). The van der Waals surface area contributed by atoms with Crippen LogP contribution < -0.4 is 11.1 Å². The zero-order valence-corrected chi connectivity index (χ0v) is 10.8. The van der Waals surface area contributed by atoms with Crippen LogP contribution in [-0.2, 0) is 11.2 Å². The summed E-state index contributed by atoms with van der Waals surface area (Å²) in [5.41, 5.74) is 6.69. The highest BCUT2D eigenvalue weighted by atomic mass is 16.1. The molecular weight excluding hydrogens is 216 g/mol. The molecular formula is C12H22N4O. The number of nitrogens with two attached hydrogens (primary N) is 1. The van der Waals surface area contributed by atoms with E-state index in [1.807, 2.05) is 24.0 Å². The van der Waals surface area contributed by atoms with Gasteiger partial charge in [-0.1, -0.05) is 0 Å². The molecule has 1 atom stereocenters. The molecule has 3 N–H and O–H groups in total. The van der Waals surface area contributed by atoms with Crippen LogP contribution >= 0.6 is 0 Å². The number of hydrogen-bond acceptors (Lipinski definition) is 3. The Morgan fingerprint density at radius 1 is 1.59 bits per heavy atom. The van der Waals surface area contributed by atoms with Crippen molar-refractivity contribution >= 4 is 5.91 Å². The van der Waals surface area contributed by atoms with Crippen molar-refractivity contribution in [2.24, 2.45) is 11.7 Å². The van der Waals surface area contributed by atoms with E-state index < -0.39 is 0 Å². The van der Waals surface area contributed by atoms with Crippen LogP contribution in [0.1, 0.15) is 32.4 Å². The third kappa shape index (κ3) is 3.85. The molecule has 1 rings (SSSR count). The Hall–Kier alpha value is -1.36. The van der Waals surface area contributed by atoms with Crippen molar-refractivity contribution in [3.8, 4) is 0 Å². The van der Waals surface area contributed by atoms with Gasteiger partial charge in [-0.25, -0.2) is 0 Å². The molecule has 0 aliphatic heterocycles. The van der Waals surface area contributed by atoms with Crippen molar-refractivity contribution in [1.82, 2.24) is 15.1 Å². The first kappa shape index (κ1) is 13.7. The summed E-state index contributed by atoms with van der Waals surface area (Å²) >= 11 is 0. The lowest BCUT2D eigenvalue weighted by atomic mass is 10.0. The summed E-state index contributed by atoms with van der Waals surface area (Å²) < 4.78 is 1.89. The maximum atomic E-state index is 11.7. The lowest BCUT2D eigenvalue weighted by Crippen LogP contribution is -2.36. The monoisotopic (exact) mass is 238 g/mol. The summed E-state index contributed by atoms with van der Waals surface area (Å²) in [7, 11) is 0. The van der Waals surface area contributed by atoms with Crippen molar-refractivity contribution in [2.75, 3.05) is 13.1 Å². The lowest BCUT2D eigenvalue weighted by molar-refractivity contribution is -0.124. The van der Waals surface area contributed by atoms with E-state index in [9.17, 15) is 4.79 Å². The molecule has 1 aromatic rings. The van der Waals surface area contributed by atoms with E-state index in [0.717, 1.165) is 5.56 Å². The summed E-state index contributed by atoms with van der Waals surface area (Å²) in [5, 5.41) is 7.05. The summed E-state index contributed by atoms with van der Waals surface area (Å²) in [4.78, 5) is 11.7. The molecule has 1 unspecified atom stereocenters. The van der Waals surface area contributed by atoms with E-state index in [-0.39, 0.29) is 11.8 Å². The average Bonchev–Trinajstić information content (AvgIpc) is 2.74. The van der Waals surface area contributed by atoms with Gasteiger partial charge in [-0.05, 0) is 32.8 Å². The molecule has 0 fully saturated rings. The fraction of sp³-hybridized carbons (Fsp3) is 0.667. The molecule has 0 aliphatic carbocycles. The third-order valence-corrected chi connectivity index (χ3v) is 2.67. The maximum absolute atomic E-state index is 11.7. The topological polar surface area (TPSA) is 72.9 Å². The Balaban J connectivity index is 2.63. The van der Waals surface area contributed by atoms with Crippen LogP contribution in [0.4, 0.5) is 0 Å². The predicted octanol–water partition coefficient (Wildman–Crippen LogP) is 0.718. The van der Waals surface area contributed by atoms with Gasteiger partial charge in [0.1, 0.15) is 0 Å². The SMILES string of the molecule is CCNC(=O)C(CN)Cc1cnn(C(C)C)c1. The van der Waals surface area contributed by atoms with Crippen LogP contribution in [0.25, 0.3) is 0 Å². The molecule has 0 saturated carbocycles. The molecule has 96 valence electrons. The molecule has 0 saturated heterocycles. The molecule has 5 heteroatoms. The highest BCUT2D eigenvalue weighted by molar-refractivity contribution is 5.79. The van der Waals surface area contributed by atoms with E-state index in [2.05, 4.69) is 24.3 Å². The van der Waals surface area contributed by atoms with Crippen molar-refractivity contribution in [3.05, 3.63) is 18.0 Å². The van der Waals surface area contributed by atoms with E-state index in [0.29, 0.717) is 25.6 Å². The van der Waals surface area contributed by atoms with Gasteiger partial charge in [0.15, 0.2) is 0 Å². The number of nitrogens with zero attached hydrogens (tertiary/aromatic N) is 2. The van der Waals surface area contributed by atoms with Crippen molar-refractivity contribution in [1.29, 1.82) is 0 Å². The predicted molar refractivity (Wildman–Crippen MR) is 67.5 cm³/mol. The van der Waals surface area contributed by atoms with Crippen LogP contribution in [0.2, 0.25) is 0 Å². The quantitative estimate of drug-likeness (QED) is 0.767. The zero-order chi connectivity index (χ0) is 12.8. The first-order chi connectivity index (χ1) is 8.08. The van der Waals surface area contributed by atoms with Gasteiger partial charge in [-0.15, -0.1) is 0 Å². The normalized spacial score (nSPS) is 12.8. The van der Waals surface area contributed by atoms with Gasteiger partial charge in [0, 0.05) is 25.3 Å². The molecule has 1 amide bonds. The molecule has 17 heavy (non-hydrogen) atoms. The molecule has 0 spiro atoms. The number of carbonyl (C=O) groups is 1. The average molecular weight is 238 g/mol. The molecule has 1 aromatic heterocycles. The van der Waals surface area contributed by atoms with Gasteiger partial charge >= 0.3 is 0 Å². The van der Waals surface area contributed by atoms with Crippen LogP contribution in [0.3, 0.4) is 0 Å². The van der Waals surface area contributed by atoms with Gasteiger partial charge in [0.25, 0.3) is 0 Å². The van der Waals surface area contributed by atoms with E-state index in [4.69, 9.17) is 5.73 Å². The third-order valence-electron chi connectivity index (χ3n) is 2.67. The molecule has 5 nitrogen and oxygen atoms in total. The molecule has 0 radical (unpaired) electrons. The van der Waals surface area contributed by atoms with Crippen molar-refractivity contribution < 1.29 is 4.79 Å². The fourth-order valence-corrected chi connectivity index (χ4v) is 1.65. The van der Waals surface area contributed by atoms with Crippen LogP contribution in [0.15, 0.2) is 12.4 Å². The van der Waals surface area contributed by atoms with Gasteiger partial charge in [0.2, 0.25) is 5.91 Å². The fourth-order valence-electron chi connectivity index (χ4n) is 1.65. The second-order valence-electron chi connectivity index (χ2n) is 4.45. The zero-order valence-electron chi connectivity index (χ0n) is 10.8. The van der Waals surface area contributed by atoms with Gasteiger partial charge in [-0.2, -0.15) is 5.10 Å². The number of amides is 1. The van der Waals surface area contributed by atoms with E-state index >= 15 is 0 Å². The number of hydrogen-bond donors (Lipinski definition) is 2. The lowest BCUT2D eigenvalue weighted by Gasteiger charge is -2.12. The molecule has 0 bridgehead atoms. The number of aromatic nitrogens is 2. The molecule has 0 aromatic carbocycles. The maximum Gasteiger partial charge on any atom is 0.224 e. The number of carbonyl (C=O) groups excluding carboxylic acids is 1. The Labute approximate surface area is 102 Å². The first-order valence-electron chi connectivity index (χ1n) is 6.09. The summed E-state index contributed by atoms with van der Waals surface area (Å²) in [6.07, 6.45) is 4.43. The Morgan fingerprint density at radius 3 is 2.76 bits per heavy atom. The Bertz CT molecular complexity index is 359. The second-order valence-corrected chi connectivity index (χ2v) is 4.45. The van der Waals surface area contributed by atoms with Gasteiger partial charge in [0.05, 0.1) is 12.1 Å². The Kier molecular flexibility index (Phi) is 5.15. The van der Waals surface area contributed by atoms with Gasteiger partial charge < -0.3 is 11.1 Å². The Morgan fingerprint density at radius 2 is 2.29 bits per heavy atom. The first-order valence-corrected chi connectivity index (χ1v) is 6.09. The number of rotatable bonds is 6. The largest absolute Gasteiger partial charge is 0.356 e. The highest BCUT2D eigenvalue weighted by Crippen LogP contribution is 2.10. The summed E-state index contributed by atoms with van der Waals surface area (Å²) in [6, 6.07) is 0.338. The smallest absolute Gasteiger partial charge is 0.224 e. The van der Waals surface area contributed by atoms with Crippen LogP contribution in [0.5, 0.6) is 0 Å². The minimum atomic E-state index is -0.167. The van der Waals surface area contributed by atoms with E-state index in [1.165, 1.54) is 0 Å². The van der Waals surface area contributed by atoms with E-state index in [1.54, 1.807) is 0 Å². The van der Waals surface area contributed by atoms with Crippen molar-refractivity contribution in [3.63, 3.8) is 0 Å². The molecule has 0 aliphatic rings. The van der Waals surface area contributed by atoms with Crippen LogP contribution in [0, 0.1) is 5.92 Å². The summed E-state index contributed by atoms with van der Waals surface area (Å²) in [6.45, 7) is 7.05. The molecule has 1 heterocycles. The summed E-state index contributed by atoms with van der Waals surface area (Å²) in [5.74, 6) is -0.146. The highest BCUT2D eigenvalue weighted by Gasteiger charge is 2.17.